The number of aromatic hydroxyl groups is 1. The first-order valence-electron chi connectivity index (χ1n) is 18.5. The van der Waals surface area contributed by atoms with Crippen LogP contribution in [0.15, 0.2) is 200 Å². The third-order valence-electron chi connectivity index (χ3n) is 10.7. The third-order valence-corrected chi connectivity index (χ3v) is 10.7. The van der Waals surface area contributed by atoms with E-state index in [0.29, 0.717) is 5.69 Å². The lowest BCUT2D eigenvalue weighted by atomic mass is 9.67. The van der Waals surface area contributed by atoms with Gasteiger partial charge in [0.05, 0.1) is 11.1 Å². The molecule has 8 aromatic rings. The Labute approximate surface area is 317 Å². The summed E-state index contributed by atoms with van der Waals surface area (Å²) in [6, 6.07) is 70.7. The Hall–Kier alpha value is -6.84. The highest BCUT2D eigenvalue weighted by Gasteiger charge is 2.46. The predicted molar refractivity (Wildman–Crippen MR) is 224 cm³/mol. The second-order valence-electron chi connectivity index (χ2n) is 14.1. The van der Waals surface area contributed by atoms with Crippen molar-refractivity contribution < 1.29 is 5.11 Å². The van der Waals surface area contributed by atoms with E-state index in [2.05, 4.69) is 194 Å². The molecule has 0 amide bonds. The number of rotatable bonds is 8. The molecule has 0 heterocycles. The average Bonchev–Trinajstić information content (AvgIpc) is 3.50. The standard InChI is InChI=1S/C51H40N2O/c1-36-16-14-24-41(32-36)52(44-29-31-49(50(54)35-44)53(40-22-10-5-11-23-40)42-25-15-17-37(2)33-42)43-28-30-46-45-26-12-13-27-47(45)51(48(46)34-43,38-18-6-3-7-19-38)39-20-8-4-9-21-39/h3-35,54H,1-2H3. The van der Waals surface area contributed by atoms with Crippen LogP contribution in [0.3, 0.4) is 0 Å². The zero-order chi connectivity index (χ0) is 36.6. The van der Waals surface area contributed by atoms with Crippen LogP contribution in [0.25, 0.3) is 11.1 Å². The highest BCUT2D eigenvalue weighted by Crippen LogP contribution is 2.57. The predicted octanol–water partition coefficient (Wildman–Crippen LogP) is 13.3. The number of nitrogens with zero attached hydrogens (tertiary/aromatic N) is 2. The molecule has 9 rings (SSSR count). The Balaban J connectivity index is 1.25. The van der Waals surface area contributed by atoms with Crippen molar-refractivity contribution in [3.63, 3.8) is 0 Å². The summed E-state index contributed by atoms with van der Waals surface area (Å²) in [5.74, 6) is 0.187. The first-order chi connectivity index (χ1) is 26.5. The van der Waals surface area contributed by atoms with E-state index in [0.717, 1.165) is 39.6 Å². The first-order valence-corrected chi connectivity index (χ1v) is 18.5. The summed E-state index contributed by atoms with van der Waals surface area (Å²) in [5, 5.41) is 12.0. The summed E-state index contributed by atoms with van der Waals surface area (Å²) in [6.07, 6.45) is 0. The van der Waals surface area contributed by atoms with Crippen molar-refractivity contribution >= 4 is 34.1 Å². The number of benzene rings is 8. The topological polar surface area (TPSA) is 26.7 Å². The fourth-order valence-electron chi connectivity index (χ4n) is 8.40. The summed E-state index contributed by atoms with van der Waals surface area (Å²) in [5.41, 5.74) is 14.7. The van der Waals surface area contributed by atoms with Crippen molar-refractivity contribution in [3.05, 3.63) is 234 Å². The third kappa shape index (κ3) is 5.53. The van der Waals surface area contributed by atoms with E-state index < -0.39 is 5.41 Å². The molecule has 0 fully saturated rings. The molecular formula is C51H40N2O. The molecule has 0 saturated heterocycles. The smallest absolute Gasteiger partial charge is 0.141 e. The van der Waals surface area contributed by atoms with E-state index in [4.69, 9.17) is 0 Å². The van der Waals surface area contributed by atoms with Gasteiger partial charge in [0.25, 0.3) is 0 Å². The van der Waals surface area contributed by atoms with Crippen LogP contribution in [-0.4, -0.2) is 5.11 Å². The SMILES string of the molecule is Cc1cccc(N(c2ccc(N(c3ccccc3)c3cccc(C)c3)c(O)c2)c2ccc3c(c2)C(c2ccccc2)(c2ccccc2)c2ccccc2-3)c1. The largest absolute Gasteiger partial charge is 0.506 e. The molecule has 1 aliphatic carbocycles. The van der Waals surface area contributed by atoms with Gasteiger partial charge in [0.2, 0.25) is 0 Å². The minimum Gasteiger partial charge on any atom is -0.506 e. The molecule has 0 bridgehead atoms. The maximum Gasteiger partial charge on any atom is 0.141 e. The monoisotopic (exact) mass is 696 g/mol. The summed E-state index contributed by atoms with van der Waals surface area (Å²) in [4.78, 5) is 4.38. The maximum absolute atomic E-state index is 12.0. The summed E-state index contributed by atoms with van der Waals surface area (Å²) >= 11 is 0. The molecule has 8 aromatic carbocycles. The Morgan fingerprint density at radius 2 is 0.852 bits per heavy atom. The highest BCUT2D eigenvalue weighted by molar-refractivity contribution is 5.90. The molecule has 0 aliphatic heterocycles. The van der Waals surface area contributed by atoms with Crippen molar-refractivity contribution in [2.75, 3.05) is 9.80 Å². The summed E-state index contributed by atoms with van der Waals surface area (Å²) in [6.45, 7) is 4.21. The minimum atomic E-state index is -0.529. The van der Waals surface area contributed by atoms with Crippen LogP contribution in [0.4, 0.5) is 34.1 Å². The normalized spacial score (nSPS) is 12.5. The van der Waals surface area contributed by atoms with Gasteiger partial charge >= 0.3 is 0 Å². The van der Waals surface area contributed by atoms with Gasteiger partial charge < -0.3 is 14.9 Å². The Bertz CT molecular complexity index is 2560. The molecule has 0 radical (unpaired) electrons. The van der Waals surface area contributed by atoms with Crippen LogP contribution in [0.2, 0.25) is 0 Å². The lowest BCUT2D eigenvalue weighted by Crippen LogP contribution is -2.28. The van der Waals surface area contributed by atoms with Gasteiger partial charge in [-0.25, -0.2) is 0 Å². The number of anilines is 6. The Kier molecular flexibility index (Phi) is 8.33. The molecule has 3 nitrogen and oxygen atoms in total. The first kappa shape index (κ1) is 33.0. The molecule has 260 valence electrons. The lowest BCUT2D eigenvalue weighted by molar-refractivity contribution is 0.476. The van der Waals surface area contributed by atoms with E-state index in [1.165, 1.54) is 33.4 Å². The molecule has 54 heavy (non-hydrogen) atoms. The molecule has 0 aromatic heterocycles. The van der Waals surface area contributed by atoms with Crippen molar-refractivity contribution in [1.29, 1.82) is 0 Å². The van der Waals surface area contributed by atoms with Gasteiger partial charge in [-0.3, -0.25) is 0 Å². The number of para-hydroxylation sites is 1. The van der Waals surface area contributed by atoms with Crippen molar-refractivity contribution in [2.45, 2.75) is 19.3 Å². The fourth-order valence-corrected chi connectivity index (χ4v) is 8.40. The minimum absolute atomic E-state index is 0.187. The van der Waals surface area contributed by atoms with Gasteiger partial charge in [0.15, 0.2) is 0 Å². The second-order valence-corrected chi connectivity index (χ2v) is 14.1. The van der Waals surface area contributed by atoms with E-state index in [9.17, 15) is 5.11 Å². The van der Waals surface area contributed by atoms with Crippen molar-refractivity contribution in [2.24, 2.45) is 0 Å². The average molecular weight is 697 g/mol. The van der Waals surface area contributed by atoms with Crippen LogP contribution < -0.4 is 9.80 Å². The van der Waals surface area contributed by atoms with Crippen LogP contribution in [0.1, 0.15) is 33.4 Å². The van der Waals surface area contributed by atoms with Gasteiger partial charge in [0.1, 0.15) is 5.75 Å². The number of hydrogen-bond acceptors (Lipinski definition) is 3. The highest BCUT2D eigenvalue weighted by atomic mass is 16.3. The van der Waals surface area contributed by atoms with Gasteiger partial charge in [-0.1, -0.05) is 133 Å². The van der Waals surface area contributed by atoms with Crippen LogP contribution in [-0.2, 0) is 5.41 Å². The second kappa shape index (κ2) is 13.6. The fraction of sp³-hybridized carbons (Fsp3) is 0.0588. The molecule has 0 unspecified atom stereocenters. The van der Waals surface area contributed by atoms with Crippen LogP contribution in [0.5, 0.6) is 5.75 Å². The number of aryl methyl sites for hydroxylation is 2. The molecule has 1 N–H and O–H groups in total. The van der Waals surface area contributed by atoms with Crippen molar-refractivity contribution in [3.8, 4) is 16.9 Å². The lowest BCUT2D eigenvalue weighted by Gasteiger charge is -2.35. The number of fused-ring (bicyclic) bond motifs is 3. The molecule has 0 spiro atoms. The van der Waals surface area contributed by atoms with Gasteiger partial charge in [-0.05, 0) is 119 Å². The summed E-state index contributed by atoms with van der Waals surface area (Å²) in [7, 11) is 0. The van der Waals surface area contributed by atoms with Gasteiger partial charge in [0, 0.05) is 34.5 Å². The van der Waals surface area contributed by atoms with Crippen molar-refractivity contribution in [1.82, 2.24) is 0 Å². The van der Waals surface area contributed by atoms with Gasteiger partial charge in [-0.15, -0.1) is 0 Å². The Morgan fingerprint density at radius 1 is 0.370 bits per heavy atom. The molecule has 0 saturated carbocycles. The molecule has 1 aliphatic rings. The number of phenolic OH excluding ortho intramolecular Hbond substituents is 1. The maximum atomic E-state index is 12.0. The van der Waals surface area contributed by atoms with E-state index in [1.54, 1.807) is 0 Å². The number of phenols is 1. The quantitative estimate of drug-likeness (QED) is 0.171. The molecular weight excluding hydrogens is 657 g/mol. The molecule has 3 heteroatoms. The van der Waals surface area contributed by atoms with E-state index in [1.807, 2.05) is 30.3 Å². The Morgan fingerprint density at radius 3 is 1.46 bits per heavy atom. The zero-order valence-corrected chi connectivity index (χ0v) is 30.4. The summed E-state index contributed by atoms with van der Waals surface area (Å²) < 4.78 is 0. The number of hydrogen-bond donors (Lipinski definition) is 1. The van der Waals surface area contributed by atoms with Crippen LogP contribution >= 0.6 is 0 Å². The van der Waals surface area contributed by atoms with Gasteiger partial charge in [-0.2, -0.15) is 0 Å². The molecule has 0 atom stereocenters. The van der Waals surface area contributed by atoms with Crippen LogP contribution in [0, 0.1) is 13.8 Å². The van der Waals surface area contributed by atoms with E-state index in [-0.39, 0.29) is 5.75 Å². The zero-order valence-electron chi connectivity index (χ0n) is 30.4. The van der Waals surface area contributed by atoms with E-state index >= 15 is 0 Å².